The van der Waals surface area contributed by atoms with E-state index in [-0.39, 0.29) is 25.7 Å². The number of carbonyl (C=O) groups excluding carboxylic acids is 4. The lowest BCUT2D eigenvalue weighted by atomic mass is 10.0. The minimum atomic E-state index is -4.96. The summed E-state index contributed by atoms with van der Waals surface area (Å²) in [4.78, 5) is 72.7. The van der Waals surface area contributed by atoms with Crippen LogP contribution in [0.3, 0.4) is 0 Å². The van der Waals surface area contributed by atoms with Crippen LogP contribution in [0.1, 0.15) is 395 Å². The van der Waals surface area contributed by atoms with E-state index in [9.17, 15) is 43.2 Å². The molecule has 0 heterocycles. The van der Waals surface area contributed by atoms with Crippen LogP contribution in [-0.4, -0.2) is 96.7 Å². The third kappa shape index (κ3) is 70.3. The van der Waals surface area contributed by atoms with Crippen molar-refractivity contribution in [2.24, 2.45) is 11.8 Å². The molecule has 5 atom stereocenters. The molecule has 0 saturated carbocycles. The van der Waals surface area contributed by atoms with Gasteiger partial charge in [0.2, 0.25) is 0 Å². The Hall–Kier alpha value is -1.94. The van der Waals surface area contributed by atoms with Crippen molar-refractivity contribution < 1.29 is 80.2 Å². The number of carbonyl (C=O) groups is 4. The molecule has 3 N–H and O–H groups in total. The van der Waals surface area contributed by atoms with Crippen molar-refractivity contribution in [3.05, 3.63) is 0 Å². The highest BCUT2D eigenvalue weighted by Gasteiger charge is 2.30. The fourth-order valence-corrected chi connectivity index (χ4v) is 13.2. The second-order valence-corrected chi connectivity index (χ2v) is 31.3. The molecule has 17 nitrogen and oxygen atoms in total. The minimum Gasteiger partial charge on any atom is -0.462 e. The van der Waals surface area contributed by atoms with Gasteiger partial charge in [0.15, 0.2) is 12.2 Å². The minimum absolute atomic E-state index is 0.105. The van der Waals surface area contributed by atoms with Gasteiger partial charge in [0.05, 0.1) is 26.4 Å². The van der Waals surface area contributed by atoms with Crippen LogP contribution in [-0.2, 0) is 65.4 Å². The lowest BCUT2D eigenvalue weighted by Gasteiger charge is -2.21. The van der Waals surface area contributed by atoms with E-state index in [2.05, 4.69) is 41.5 Å². The van der Waals surface area contributed by atoms with Gasteiger partial charge in [0.25, 0.3) is 0 Å². The van der Waals surface area contributed by atoms with Crippen LogP contribution in [0.2, 0.25) is 0 Å². The molecule has 0 saturated heterocycles. The summed E-state index contributed by atoms with van der Waals surface area (Å²) < 4.78 is 68.4. The lowest BCUT2D eigenvalue weighted by Crippen LogP contribution is -2.30. The van der Waals surface area contributed by atoms with Gasteiger partial charge in [-0.3, -0.25) is 37.3 Å². The Morgan fingerprint density at radius 1 is 0.284 bits per heavy atom. The van der Waals surface area contributed by atoms with E-state index in [0.29, 0.717) is 25.7 Å². The third-order valence-corrected chi connectivity index (χ3v) is 19.6. The van der Waals surface area contributed by atoms with Crippen LogP contribution < -0.4 is 0 Å². The first kappa shape index (κ1) is 93.1. The molecule has 564 valence electrons. The second-order valence-electron chi connectivity index (χ2n) is 28.3. The number of aliphatic hydroxyl groups is 1. The number of phosphoric ester groups is 2. The first-order valence-electron chi connectivity index (χ1n) is 39.5. The predicted molar refractivity (Wildman–Crippen MR) is 386 cm³/mol. The zero-order valence-corrected chi connectivity index (χ0v) is 63.8. The highest BCUT2D eigenvalue weighted by molar-refractivity contribution is 7.47. The highest BCUT2D eigenvalue weighted by atomic mass is 31.2. The van der Waals surface area contributed by atoms with Crippen molar-refractivity contribution in [1.29, 1.82) is 0 Å². The summed E-state index contributed by atoms with van der Waals surface area (Å²) in [6.45, 7) is 9.54. The Bertz CT molecular complexity index is 1840. The Balaban J connectivity index is 5.19. The molecule has 0 rings (SSSR count). The molecule has 0 aromatic heterocycles. The van der Waals surface area contributed by atoms with Gasteiger partial charge in [0.1, 0.15) is 19.3 Å². The molecule has 0 aliphatic heterocycles. The van der Waals surface area contributed by atoms with Crippen molar-refractivity contribution in [3.63, 3.8) is 0 Å². The molecule has 0 bridgehead atoms. The second kappa shape index (κ2) is 67.9. The van der Waals surface area contributed by atoms with Gasteiger partial charge in [-0.05, 0) is 37.5 Å². The van der Waals surface area contributed by atoms with Gasteiger partial charge in [-0.25, -0.2) is 9.13 Å². The number of phosphoric acid groups is 2. The average Bonchev–Trinajstić information content (AvgIpc) is 2.29. The highest BCUT2D eigenvalue weighted by Crippen LogP contribution is 2.45. The van der Waals surface area contributed by atoms with Gasteiger partial charge >= 0.3 is 39.5 Å². The van der Waals surface area contributed by atoms with E-state index in [1.54, 1.807) is 0 Å². The molecule has 0 aliphatic rings. The number of hydrogen-bond donors (Lipinski definition) is 3. The molecule has 0 spiro atoms. The van der Waals surface area contributed by atoms with Crippen molar-refractivity contribution in [1.82, 2.24) is 0 Å². The van der Waals surface area contributed by atoms with Gasteiger partial charge in [-0.15, -0.1) is 0 Å². The summed E-state index contributed by atoms with van der Waals surface area (Å²) >= 11 is 0. The molecule has 0 radical (unpaired) electrons. The van der Waals surface area contributed by atoms with E-state index in [4.69, 9.17) is 37.0 Å². The topological polar surface area (TPSA) is 237 Å². The summed E-state index contributed by atoms with van der Waals surface area (Å²) in [5, 5.41) is 10.6. The summed E-state index contributed by atoms with van der Waals surface area (Å²) in [6, 6.07) is 0. The fourth-order valence-electron chi connectivity index (χ4n) is 11.7. The zero-order valence-electron chi connectivity index (χ0n) is 62.0. The van der Waals surface area contributed by atoms with Crippen LogP contribution in [0.4, 0.5) is 0 Å². The van der Waals surface area contributed by atoms with Crippen LogP contribution in [0.5, 0.6) is 0 Å². The number of unbranched alkanes of at least 4 members (excludes halogenated alkanes) is 45. The number of ether oxygens (including phenoxy) is 4. The summed E-state index contributed by atoms with van der Waals surface area (Å²) in [5.74, 6) is -0.630. The molecular weight excluding hydrogens is 1250 g/mol. The number of esters is 4. The average molecular weight is 1400 g/mol. The van der Waals surface area contributed by atoms with Crippen LogP contribution in [0.15, 0.2) is 0 Å². The van der Waals surface area contributed by atoms with Crippen molar-refractivity contribution in [2.75, 3.05) is 39.6 Å². The zero-order chi connectivity index (χ0) is 70.0. The largest absolute Gasteiger partial charge is 0.472 e. The van der Waals surface area contributed by atoms with E-state index >= 15 is 0 Å². The molecule has 0 amide bonds. The normalized spacial score (nSPS) is 14.0. The van der Waals surface area contributed by atoms with E-state index < -0.39 is 97.5 Å². The Kier molecular flexibility index (Phi) is 66.5. The fraction of sp³-hybridized carbons (Fsp3) is 0.947. The van der Waals surface area contributed by atoms with Crippen LogP contribution in [0, 0.1) is 11.8 Å². The summed E-state index contributed by atoms with van der Waals surface area (Å²) in [6.07, 6.45) is 55.7. The molecular formula is C76H148O17P2. The summed E-state index contributed by atoms with van der Waals surface area (Å²) in [5.41, 5.74) is 0. The maximum atomic E-state index is 13.1. The molecule has 0 aromatic rings. The maximum absolute atomic E-state index is 13.1. The summed E-state index contributed by atoms with van der Waals surface area (Å²) in [7, 11) is -9.91. The maximum Gasteiger partial charge on any atom is 0.472 e. The third-order valence-electron chi connectivity index (χ3n) is 17.7. The van der Waals surface area contributed by atoms with Gasteiger partial charge in [-0.1, -0.05) is 343 Å². The Morgan fingerprint density at radius 2 is 0.484 bits per heavy atom. The van der Waals surface area contributed by atoms with Crippen LogP contribution in [0.25, 0.3) is 0 Å². The SMILES string of the molecule is CCCCCCCCCCCCCCCCCCCCCCCC(=O)O[C@H](COC(=O)CCCCCCCCCCCCCC(C)C)COP(=O)(O)OC[C@@H](O)COP(=O)(O)OC[C@@H](COC(=O)CCCCCCCCCCC)OC(=O)CCCCCCCCCCC(C)C. The van der Waals surface area contributed by atoms with E-state index in [0.717, 1.165) is 102 Å². The number of rotatable bonds is 75. The smallest absolute Gasteiger partial charge is 0.462 e. The predicted octanol–water partition coefficient (Wildman–Crippen LogP) is 22.3. The van der Waals surface area contributed by atoms with E-state index in [1.165, 1.54) is 212 Å². The van der Waals surface area contributed by atoms with Crippen LogP contribution >= 0.6 is 15.6 Å². The Morgan fingerprint density at radius 3 is 0.716 bits per heavy atom. The molecule has 95 heavy (non-hydrogen) atoms. The molecule has 19 heteroatoms. The quantitative estimate of drug-likeness (QED) is 0.0222. The number of aliphatic hydroxyl groups excluding tert-OH is 1. The standard InChI is InChI=1S/C76H148O17P2/c1-7-9-11-13-15-17-18-19-20-21-22-23-24-25-26-27-30-35-42-48-54-60-75(80)92-71(65-87-74(79)59-53-47-41-34-31-28-29-33-38-44-50-56-68(3)4)66-90-94(82,83)88-62-70(77)63-89-95(84,85)91-67-72(64-86-73(78)58-52-46-40-32-16-14-12-10-8-2)93-76(81)61-55-49-43-37-36-39-45-51-57-69(5)6/h68-72,77H,7-67H2,1-6H3,(H,82,83)(H,84,85)/t70-,71-,72-/m1/s1. The van der Waals surface area contributed by atoms with Gasteiger partial charge < -0.3 is 33.8 Å². The van der Waals surface area contributed by atoms with Gasteiger partial charge in [0, 0.05) is 25.7 Å². The molecule has 0 aromatic carbocycles. The monoisotopic (exact) mass is 1400 g/mol. The Labute approximate surface area is 581 Å². The van der Waals surface area contributed by atoms with E-state index in [1.807, 2.05) is 0 Å². The van der Waals surface area contributed by atoms with Crippen molar-refractivity contribution in [2.45, 2.75) is 413 Å². The van der Waals surface area contributed by atoms with Gasteiger partial charge in [-0.2, -0.15) is 0 Å². The molecule has 2 unspecified atom stereocenters. The first-order valence-corrected chi connectivity index (χ1v) is 42.5. The first-order chi connectivity index (χ1) is 45.9. The molecule has 0 aliphatic carbocycles. The molecule has 0 fully saturated rings. The van der Waals surface area contributed by atoms with Crippen molar-refractivity contribution >= 4 is 39.5 Å². The number of hydrogen-bond acceptors (Lipinski definition) is 15. The lowest BCUT2D eigenvalue weighted by molar-refractivity contribution is -0.161. The van der Waals surface area contributed by atoms with Crippen molar-refractivity contribution in [3.8, 4) is 0 Å².